The number of hydrogen-bond acceptors (Lipinski definition) is 5. The first kappa shape index (κ1) is 19.9. The van der Waals surface area contributed by atoms with Gasteiger partial charge in [-0.25, -0.2) is 8.42 Å². The molecule has 1 saturated carbocycles. The van der Waals surface area contributed by atoms with Crippen molar-refractivity contribution in [3.8, 4) is 0 Å². The molecule has 2 heterocycles. The highest BCUT2D eigenvalue weighted by atomic mass is 32.2. The molecule has 0 bridgehead atoms. The van der Waals surface area contributed by atoms with Crippen molar-refractivity contribution >= 4 is 21.7 Å². The normalized spacial score (nSPS) is 27.3. The van der Waals surface area contributed by atoms with Crippen molar-refractivity contribution in [3.63, 3.8) is 0 Å². The maximum absolute atomic E-state index is 12.7. The highest BCUT2D eigenvalue weighted by molar-refractivity contribution is 7.91. The lowest BCUT2D eigenvalue weighted by Crippen LogP contribution is -2.43. The second-order valence-electron chi connectivity index (χ2n) is 7.87. The summed E-state index contributed by atoms with van der Waals surface area (Å²) in [6.07, 6.45) is 7.07. The number of carbonyl (C=O) groups is 2. The molecule has 0 spiro atoms. The Morgan fingerprint density at radius 2 is 1.93 bits per heavy atom. The lowest BCUT2D eigenvalue weighted by atomic mass is 9.85. The fraction of sp³-hybridized carbons (Fsp3) is 0.722. The molecule has 1 N–H and O–H groups in total. The van der Waals surface area contributed by atoms with Gasteiger partial charge in [0.05, 0.1) is 23.6 Å². The van der Waals surface area contributed by atoms with Gasteiger partial charge in [-0.1, -0.05) is 0 Å². The van der Waals surface area contributed by atoms with Gasteiger partial charge in [0.1, 0.15) is 0 Å². The SMILES string of the molecule is CN(Cc1cnn(C)c1)C(=O)C1CCC(NC(=O)C2CCS(=O)(=O)C2)CC1. The lowest BCUT2D eigenvalue weighted by Gasteiger charge is -2.31. The molecule has 0 aromatic carbocycles. The van der Waals surface area contributed by atoms with Crippen LogP contribution >= 0.6 is 0 Å². The van der Waals surface area contributed by atoms with Crippen LogP contribution in [0.15, 0.2) is 12.4 Å². The average Bonchev–Trinajstić information content (AvgIpc) is 3.19. The fourth-order valence-corrected chi connectivity index (χ4v) is 5.76. The lowest BCUT2D eigenvalue weighted by molar-refractivity contribution is -0.136. The van der Waals surface area contributed by atoms with Crippen LogP contribution in [0.25, 0.3) is 0 Å². The molecule has 0 radical (unpaired) electrons. The highest BCUT2D eigenvalue weighted by Crippen LogP contribution is 2.27. The number of aryl methyl sites for hydroxylation is 1. The Morgan fingerprint density at radius 3 is 2.48 bits per heavy atom. The topological polar surface area (TPSA) is 101 Å². The van der Waals surface area contributed by atoms with Crippen LogP contribution in [-0.2, 0) is 33.0 Å². The summed E-state index contributed by atoms with van der Waals surface area (Å²) in [4.78, 5) is 26.7. The summed E-state index contributed by atoms with van der Waals surface area (Å²) in [7, 11) is 0.606. The maximum Gasteiger partial charge on any atom is 0.225 e. The Bertz CT molecular complexity index is 796. The second kappa shape index (κ2) is 8.00. The molecule has 1 aliphatic heterocycles. The van der Waals surface area contributed by atoms with Crippen LogP contribution in [0.3, 0.4) is 0 Å². The number of amides is 2. The molecule has 2 aliphatic rings. The van der Waals surface area contributed by atoms with Gasteiger partial charge in [0.25, 0.3) is 0 Å². The van der Waals surface area contributed by atoms with Crippen molar-refractivity contribution < 1.29 is 18.0 Å². The number of aromatic nitrogens is 2. The van der Waals surface area contributed by atoms with Crippen molar-refractivity contribution in [1.29, 1.82) is 0 Å². The monoisotopic (exact) mass is 396 g/mol. The number of nitrogens with one attached hydrogen (secondary N) is 1. The first-order valence-electron chi connectivity index (χ1n) is 9.47. The number of sulfone groups is 1. The third-order valence-corrected chi connectivity index (χ3v) is 7.35. The highest BCUT2D eigenvalue weighted by Gasteiger charge is 2.35. The van der Waals surface area contributed by atoms with Crippen molar-refractivity contribution in [2.24, 2.45) is 18.9 Å². The zero-order valence-electron chi connectivity index (χ0n) is 15.9. The molecule has 2 fully saturated rings. The summed E-state index contributed by atoms with van der Waals surface area (Å²) in [6, 6.07) is 0.0356. The van der Waals surface area contributed by atoms with Crippen molar-refractivity contribution in [3.05, 3.63) is 18.0 Å². The fourth-order valence-electron chi connectivity index (χ4n) is 4.02. The van der Waals surface area contributed by atoms with E-state index in [9.17, 15) is 18.0 Å². The van der Waals surface area contributed by atoms with Crippen molar-refractivity contribution in [1.82, 2.24) is 20.0 Å². The van der Waals surface area contributed by atoms with Gasteiger partial charge >= 0.3 is 0 Å². The Balaban J connectivity index is 1.44. The van der Waals surface area contributed by atoms with Gasteiger partial charge in [-0.15, -0.1) is 0 Å². The maximum atomic E-state index is 12.7. The van der Waals surface area contributed by atoms with E-state index in [1.165, 1.54) is 0 Å². The van der Waals surface area contributed by atoms with Crippen LogP contribution < -0.4 is 5.32 Å². The number of carbonyl (C=O) groups excluding carboxylic acids is 2. The number of rotatable bonds is 5. The third kappa shape index (κ3) is 5.09. The van der Waals surface area contributed by atoms with Crippen LogP contribution in [0.1, 0.15) is 37.7 Å². The Morgan fingerprint density at radius 1 is 1.22 bits per heavy atom. The minimum atomic E-state index is -3.05. The molecule has 8 nitrogen and oxygen atoms in total. The van der Waals surface area contributed by atoms with Gasteiger partial charge < -0.3 is 10.2 Å². The molecule has 1 aliphatic carbocycles. The molecule has 9 heteroatoms. The Labute approximate surface area is 160 Å². The molecule has 27 heavy (non-hydrogen) atoms. The first-order valence-corrected chi connectivity index (χ1v) is 11.3. The molecular formula is C18H28N4O4S. The van der Waals surface area contributed by atoms with E-state index in [1.54, 1.807) is 15.8 Å². The van der Waals surface area contributed by atoms with Crippen LogP contribution in [0, 0.1) is 11.8 Å². The molecule has 1 unspecified atom stereocenters. The standard InChI is InChI=1S/C18H28N4O4S/c1-21(10-13-9-19-22(2)11-13)18(24)14-3-5-16(6-4-14)20-17(23)15-7-8-27(25,26)12-15/h9,11,14-16H,3-8,10,12H2,1-2H3,(H,20,23). The molecule has 3 rings (SSSR count). The molecule has 1 aromatic heterocycles. The first-order chi connectivity index (χ1) is 12.7. The molecule has 1 atom stereocenters. The summed E-state index contributed by atoms with van der Waals surface area (Å²) in [5, 5.41) is 7.11. The van der Waals surface area contributed by atoms with Crippen LogP contribution in [-0.4, -0.2) is 59.5 Å². The zero-order chi connectivity index (χ0) is 19.6. The quantitative estimate of drug-likeness (QED) is 0.780. The predicted octanol–water partition coefficient (Wildman–Crippen LogP) is 0.488. The molecule has 1 saturated heterocycles. The summed E-state index contributed by atoms with van der Waals surface area (Å²) < 4.78 is 24.8. The van der Waals surface area contributed by atoms with E-state index in [0.717, 1.165) is 31.2 Å². The zero-order valence-corrected chi connectivity index (χ0v) is 16.7. The minimum absolute atomic E-state index is 0.0216. The number of hydrogen-bond donors (Lipinski definition) is 1. The summed E-state index contributed by atoms with van der Waals surface area (Å²) >= 11 is 0. The van der Waals surface area contributed by atoms with Crippen molar-refractivity contribution in [2.75, 3.05) is 18.6 Å². The van der Waals surface area contributed by atoms with E-state index >= 15 is 0 Å². The van der Waals surface area contributed by atoms with Crippen LogP contribution in [0.4, 0.5) is 0 Å². The average molecular weight is 397 g/mol. The Hall–Kier alpha value is -1.90. The van der Waals surface area contributed by atoms with Crippen LogP contribution in [0.2, 0.25) is 0 Å². The van der Waals surface area contributed by atoms with E-state index in [-0.39, 0.29) is 35.3 Å². The number of nitrogens with zero attached hydrogens (tertiary/aromatic N) is 3. The summed E-state index contributed by atoms with van der Waals surface area (Å²) in [5.41, 5.74) is 1.00. The Kier molecular flexibility index (Phi) is 5.88. The van der Waals surface area contributed by atoms with E-state index in [2.05, 4.69) is 10.4 Å². The molecular weight excluding hydrogens is 368 g/mol. The van der Waals surface area contributed by atoms with E-state index in [1.807, 2.05) is 20.3 Å². The predicted molar refractivity (Wildman–Crippen MR) is 100 cm³/mol. The summed E-state index contributed by atoms with van der Waals surface area (Å²) in [6.45, 7) is 0.541. The minimum Gasteiger partial charge on any atom is -0.353 e. The van der Waals surface area contributed by atoms with Gasteiger partial charge in [0.15, 0.2) is 9.84 Å². The molecule has 150 valence electrons. The van der Waals surface area contributed by atoms with E-state index in [4.69, 9.17) is 0 Å². The van der Waals surface area contributed by atoms with E-state index in [0.29, 0.717) is 13.0 Å². The second-order valence-corrected chi connectivity index (χ2v) is 10.1. The van der Waals surface area contributed by atoms with Gasteiger partial charge in [0, 0.05) is 44.4 Å². The van der Waals surface area contributed by atoms with E-state index < -0.39 is 15.8 Å². The smallest absolute Gasteiger partial charge is 0.225 e. The van der Waals surface area contributed by atoms with Crippen molar-refractivity contribution in [2.45, 2.75) is 44.7 Å². The van der Waals surface area contributed by atoms with Gasteiger partial charge in [-0.2, -0.15) is 5.10 Å². The summed E-state index contributed by atoms with van der Waals surface area (Å²) in [5.74, 6) is -0.391. The van der Waals surface area contributed by atoms with Crippen LogP contribution in [0.5, 0.6) is 0 Å². The molecule has 2 amide bonds. The third-order valence-electron chi connectivity index (χ3n) is 5.58. The van der Waals surface area contributed by atoms with Gasteiger partial charge in [-0.3, -0.25) is 14.3 Å². The molecule has 1 aromatic rings. The van der Waals surface area contributed by atoms with Gasteiger partial charge in [0.2, 0.25) is 11.8 Å². The van der Waals surface area contributed by atoms with Gasteiger partial charge in [-0.05, 0) is 32.1 Å². The largest absolute Gasteiger partial charge is 0.353 e.